The quantitative estimate of drug-likeness (QED) is 0.701. The molecule has 1 aromatic carbocycles. The van der Waals surface area contributed by atoms with E-state index < -0.39 is 0 Å². The number of anilines is 1. The fourth-order valence-electron chi connectivity index (χ4n) is 1.26. The topological polar surface area (TPSA) is 55.1 Å². The Labute approximate surface area is 84.3 Å². The zero-order valence-electron chi connectivity index (χ0n) is 8.79. The molecule has 0 heterocycles. The van der Waals surface area contributed by atoms with E-state index in [-0.39, 0.29) is 5.91 Å². The highest BCUT2D eigenvalue weighted by Crippen LogP contribution is 2.20. The lowest BCUT2D eigenvalue weighted by Gasteiger charge is -2.09. The van der Waals surface area contributed by atoms with Crippen molar-refractivity contribution in [1.29, 1.82) is 0 Å². The van der Waals surface area contributed by atoms with Crippen LogP contribution in [0.5, 0.6) is 0 Å². The molecule has 1 amide bonds. The molecule has 0 unspecified atom stereocenters. The lowest BCUT2D eigenvalue weighted by Crippen LogP contribution is -2.19. The molecule has 0 saturated carbocycles. The normalized spacial score (nSPS) is 10.3. The van der Waals surface area contributed by atoms with Crippen LogP contribution >= 0.6 is 0 Å². The molecule has 0 aliphatic rings. The number of carbonyl (C=O) groups excluding carboxylic acids is 1. The Morgan fingerprint density at radius 1 is 1.43 bits per heavy atom. The summed E-state index contributed by atoms with van der Waals surface area (Å²) in [6.45, 7) is 4.16. The molecular formula is C11H16N2O. The van der Waals surface area contributed by atoms with Gasteiger partial charge in [-0.05, 0) is 23.6 Å². The Balaban J connectivity index is 3.15. The molecule has 0 aromatic heterocycles. The van der Waals surface area contributed by atoms with Crippen molar-refractivity contribution in [2.45, 2.75) is 19.8 Å². The molecule has 0 spiro atoms. The summed E-state index contributed by atoms with van der Waals surface area (Å²) >= 11 is 0. The van der Waals surface area contributed by atoms with Gasteiger partial charge in [0.15, 0.2) is 0 Å². The third kappa shape index (κ3) is 2.05. The van der Waals surface area contributed by atoms with E-state index in [9.17, 15) is 4.79 Å². The fraction of sp³-hybridized carbons (Fsp3) is 0.364. The van der Waals surface area contributed by atoms with Gasteiger partial charge >= 0.3 is 0 Å². The molecule has 76 valence electrons. The molecule has 0 bridgehead atoms. The van der Waals surface area contributed by atoms with Crippen LogP contribution in [0.2, 0.25) is 0 Å². The molecule has 3 nitrogen and oxygen atoms in total. The molecule has 0 radical (unpaired) electrons. The third-order valence-electron chi connectivity index (χ3n) is 2.22. The van der Waals surface area contributed by atoms with Crippen LogP contribution in [0.15, 0.2) is 18.2 Å². The molecule has 0 atom stereocenters. The molecule has 0 aliphatic carbocycles. The average molecular weight is 192 g/mol. The number of nitrogens with two attached hydrogens (primary N) is 1. The Kier molecular flexibility index (Phi) is 3.12. The van der Waals surface area contributed by atoms with E-state index in [4.69, 9.17) is 5.73 Å². The lowest BCUT2D eigenvalue weighted by atomic mass is 9.99. The molecule has 14 heavy (non-hydrogen) atoms. The number of hydrogen-bond acceptors (Lipinski definition) is 2. The highest BCUT2D eigenvalue weighted by Gasteiger charge is 2.09. The van der Waals surface area contributed by atoms with Crippen LogP contribution in [0.25, 0.3) is 0 Å². The highest BCUT2D eigenvalue weighted by molar-refractivity contribution is 5.99. The van der Waals surface area contributed by atoms with Gasteiger partial charge in [-0.25, -0.2) is 0 Å². The summed E-state index contributed by atoms with van der Waals surface area (Å²) in [5, 5.41) is 2.57. The number of benzene rings is 1. The van der Waals surface area contributed by atoms with Crippen molar-refractivity contribution < 1.29 is 4.79 Å². The molecule has 0 fully saturated rings. The van der Waals surface area contributed by atoms with Gasteiger partial charge in [0, 0.05) is 12.7 Å². The number of amides is 1. The second-order valence-electron chi connectivity index (χ2n) is 3.58. The summed E-state index contributed by atoms with van der Waals surface area (Å²) in [5.74, 6) is 0.268. The van der Waals surface area contributed by atoms with Gasteiger partial charge in [-0.15, -0.1) is 0 Å². The Bertz CT molecular complexity index is 345. The van der Waals surface area contributed by atoms with Crippen LogP contribution in [0, 0.1) is 0 Å². The van der Waals surface area contributed by atoms with E-state index in [2.05, 4.69) is 19.2 Å². The molecule has 0 saturated heterocycles. The minimum absolute atomic E-state index is 0.134. The first-order valence-electron chi connectivity index (χ1n) is 4.67. The van der Waals surface area contributed by atoms with Crippen LogP contribution in [-0.4, -0.2) is 13.0 Å². The van der Waals surface area contributed by atoms with Gasteiger partial charge in [0.1, 0.15) is 0 Å². The largest absolute Gasteiger partial charge is 0.398 e. The van der Waals surface area contributed by atoms with Crippen LogP contribution in [0.3, 0.4) is 0 Å². The van der Waals surface area contributed by atoms with Gasteiger partial charge < -0.3 is 11.1 Å². The standard InChI is InChI=1S/C11H16N2O/c1-7(2)8-4-5-10(12)9(6-8)11(14)13-3/h4-7H,12H2,1-3H3,(H,13,14). The summed E-state index contributed by atoms with van der Waals surface area (Å²) in [7, 11) is 1.60. The van der Waals surface area contributed by atoms with Crippen molar-refractivity contribution in [2.75, 3.05) is 12.8 Å². The second-order valence-corrected chi connectivity index (χ2v) is 3.58. The first-order valence-corrected chi connectivity index (χ1v) is 4.67. The van der Waals surface area contributed by atoms with Crippen molar-refractivity contribution in [2.24, 2.45) is 0 Å². The van der Waals surface area contributed by atoms with Crippen molar-refractivity contribution in [1.82, 2.24) is 5.32 Å². The second kappa shape index (κ2) is 4.13. The predicted octanol–water partition coefficient (Wildman–Crippen LogP) is 1.75. The minimum atomic E-state index is -0.134. The number of carbonyl (C=O) groups is 1. The predicted molar refractivity (Wildman–Crippen MR) is 58.3 cm³/mol. The van der Waals surface area contributed by atoms with Crippen molar-refractivity contribution >= 4 is 11.6 Å². The summed E-state index contributed by atoms with van der Waals surface area (Å²) < 4.78 is 0. The maximum absolute atomic E-state index is 11.4. The Morgan fingerprint density at radius 2 is 2.07 bits per heavy atom. The molecule has 0 aliphatic heterocycles. The van der Waals surface area contributed by atoms with E-state index in [0.29, 0.717) is 17.2 Å². The van der Waals surface area contributed by atoms with E-state index in [1.165, 1.54) is 0 Å². The summed E-state index contributed by atoms with van der Waals surface area (Å²) in [4.78, 5) is 11.4. The van der Waals surface area contributed by atoms with Gasteiger partial charge in [0.25, 0.3) is 5.91 Å². The fourth-order valence-corrected chi connectivity index (χ4v) is 1.26. The number of hydrogen-bond donors (Lipinski definition) is 2. The molecule has 1 aromatic rings. The van der Waals surface area contributed by atoms with E-state index in [1.807, 2.05) is 12.1 Å². The Morgan fingerprint density at radius 3 is 2.57 bits per heavy atom. The SMILES string of the molecule is CNC(=O)c1cc(C(C)C)ccc1N. The van der Waals surface area contributed by atoms with E-state index >= 15 is 0 Å². The van der Waals surface area contributed by atoms with Crippen molar-refractivity contribution in [3.8, 4) is 0 Å². The zero-order chi connectivity index (χ0) is 10.7. The minimum Gasteiger partial charge on any atom is -0.398 e. The summed E-state index contributed by atoms with van der Waals surface area (Å²) in [5.41, 5.74) is 7.90. The first kappa shape index (κ1) is 10.6. The number of nitrogens with one attached hydrogen (secondary N) is 1. The maximum atomic E-state index is 11.4. The van der Waals surface area contributed by atoms with Gasteiger partial charge in [0.05, 0.1) is 5.56 Å². The number of nitrogen functional groups attached to an aromatic ring is 1. The van der Waals surface area contributed by atoms with Gasteiger partial charge in [0.2, 0.25) is 0 Å². The van der Waals surface area contributed by atoms with E-state index in [0.717, 1.165) is 5.56 Å². The van der Waals surface area contributed by atoms with Crippen LogP contribution < -0.4 is 11.1 Å². The average Bonchev–Trinajstić information content (AvgIpc) is 2.17. The molecule has 1 rings (SSSR count). The van der Waals surface area contributed by atoms with Crippen molar-refractivity contribution in [3.63, 3.8) is 0 Å². The van der Waals surface area contributed by atoms with Gasteiger partial charge in [-0.2, -0.15) is 0 Å². The van der Waals surface area contributed by atoms with Crippen molar-refractivity contribution in [3.05, 3.63) is 29.3 Å². The van der Waals surface area contributed by atoms with Crippen LogP contribution in [-0.2, 0) is 0 Å². The highest BCUT2D eigenvalue weighted by atomic mass is 16.1. The lowest BCUT2D eigenvalue weighted by molar-refractivity contribution is 0.0964. The molecular weight excluding hydrogens is 176 g/mol. The molecule has 3 heteroatoms. The van der Waals surface area contributed by atoms with Crippen LogP contribution in [0.4, 0.5) is 5.69 Å². The van der Waals surface area contributed by atoms with E-state index in [1.54, 1.807) is 13.1 Å². The maximum Gasteiger partial charge on any atom is 0.253 e. The summed E-state index contributed by atoms with van der Waals surface area (Å²) in [6.07, 6.45) is 0. The first-order chi connectivity index (χ1) is 6.56. The monoisotopic (exact) mass is 192 g/mol. The number of rotatable bonds is 2. The zero-order valence-corrected chi connectivity index (χ0v) is 8.79. The van der Waals surface area contributed by atoms with Gasteiger partial charge in [-0.3, -0.25) is 4.79 Å². The smallest absolute Gasteiger partial charge is 0.253 e. The van der Waals surface area contributed by atoms with Crippen LogP contribution in [0.1, 0.15) is 35.7 Å². The summed E-state index contributed by atoms with van der Waals surface area (Å²) in [6, 6.07) is 5.57. The van der Waals surface area contributed by atoms with Gasteiger partial charge in [-0.1, -0.05) is 19.9 Å². The Hall–Kier alpha value is -1.51. The third-order valence-corrected chi connectivity index (χ3v) is 2.22. The molecule has 3 N–H and O–H groups in total.